The third kappa shape index (κ3) is 2.80. The molecule has 1 aliphatic heterocycles. The van der Waals surface area contributed by atoms with E-state index in [4.69, 9.17) is 4.52 Å². The average Bonchev–Trinajstić information content (AvgIpc) is 3.27. The standard InChI is InChI=1S/C19H17N3O2/c23-18(22-13-12-14-6-4-5-9-16(14)22)11-10-17-20-19(21-24-17)15-7-2-1-3-8-15/h1-9H,10-13H2. The molecule has 5 heteroatoms. The van der Waals surface area contributed by atoms with Crippen LogP contribution in [0.15, 0.2) is 59.1 Å². The minimum absolute atomic E-state index is 0.0967. The van der Waals surface area contributed by atoms with Gasteiger partial charge in [0.15, 0.2) is 0 Å². The first-order valence-corrected chi connectivity index (χ1v) is 8.07. The Morgan fingerprint density at radius 2 is 1.88 bits per heavy atom. The van der Waals surface area contributed by atoms with E-state index in [1.165, 1.54) is 5.56 Å². The van der Waals surface area contributed by atoms with Crippen LogP contribution in [0.2, 0.25) is 0 Å². The summed E-state index contributed by atoms with van der Waals surface area (Å²) >= 11 is 0. The van der Waals surface area contributed by atoms with Gasteiger partial charge in [-0.25, -0.2) is 0 Å². The quantitative estimate of drug-likeness (QED) is 0.740. The summed E-state index contributed by atoms with van der Waals surface area (Å²) in [4.78, 5) is 18.7. The molecule has 0 N–H and O–H groups in total. The summed E-state index contributed by atoms with van der Waals surface area (Å²) in [6.45, 7) is 0.747. The molecule has 0 atom stereocenters. The number of benzene rings is 2. The first kappa shape index (κ1) is 14.6. The van der Waals surface area contributed by atoms with E-state index in [1.54, 1.807) is 0 Å². The van der Waals surface area contributed by atoms with E-state index in [-0.39, 0.29) is 5.91 Å². The van der Waals surface area contributed by atoms with Gasteiger partial charge in [-0.1, -0.05) is 53.7 Å². The van der Waals surface area contributed by atoms with Crippen molar-refractivity contribution in [3.63, 3.8) is 0 Å². The zero-order valence-corrected chi connectivity index (χ0v) is 13.2. The van der Waals surface area contributed by atoms with Crippen LogP contribution in [0.25, 0.3) is 11.4 Å². The molecule has 0 spiro atoms. The number of fused-ring (bicyclic) bond motifs is 1. The smallest absolute Gasteiger partial charge is 0.227 e. The Bertz CT molecular complexity index is 858. The predicted molar refractivity (Wildman–Crippen MR) is 90.6 cm³/mol. The van der Waals surface area contributed by atoms with E-state index >= 15 is 0 Å². The van der Waals surface area contributed by atoms with Gasteiger partial charge in [0.2, 0.25) is 17.6 Å². The van der Waals surface area contributed by atoms with Crippen molar-refractivity contribution in [1.82, 2.24) is 10.1 Å². The molecule has 1 amide bonds. The van der Waals surface area contributed by atoms with Gasteiger partial charge in [0, 0.05) is 30.6 Å². The van der Waals surface area contributed by atoms with Crippen LogP contribution < -0.4 is 4.90 Å². The number of nitrogens with zero attached hydrogens (tertiary/aromatic N) is 3. The lowest BCUT2D eigenvalue weighted by atomic mass is 10.2. The van der Waals surface area contributed by atoms with E-state index in [9.17, 15) is 4.79 Å². The number of carbonyl (C=O) groups excluding carboxylic acids is 1. The van der Waals surface area contributed by atoms with E-state index in [0.29, 0.717) is 24.6 Å². The summed E-state index contributed by atoms with van der Waals surface area (Å²) in [5.41, 5.74) is 3.17. The number of aryl methyl sites for hydroxylation is 1. The van der Waals surface area contributed by atoms with E-state index < -0.39 is 0 Å². The molecule has 1 aliphatic rings. The number of aromatic nitrogens is 2. The van der Waals surface area contributed by atoms with Crippen molar-refractivity contribution < 1.29 is 9.32 Å². The summed E-state index contributed by atoms with van der Waals surface area (Å²) in [6.07, 6.45) is 1.74. The van der Waals surface area contributed by atoms with Crippen LogP contribution >= 0.6 is 0 Å². The Labute approximate surface area is 139 Å². The molecular weight excluding hydrogens is 302 g/mol. The van der Waals surface area contributed by atoms with Crippen LogP contribution in [-0.4, -0.2) is 22.6 Å². The molecule has 2 heterocycles. The highest BCUT2D eigenvalue weighted by Gasteiger charge is 2.24. The number of anilines is 1. The highest BCUT2D eigenvalue weighted by molar-refractivity contribution is 5.95. The maximum absolute atomic E-state index is 12.5. The molecule has 0 saturated heterocycles. The Balaban J connectivity index is 1.41. The molecular formula is C19H17N3O2. The number of hydrogen-bond acceptors (Lipinski definition) is 4. The van der Waals surface area contributed by atoms with Gasteiger partial charge in [-0.15, -0.1) is 0 Å². The zero-order chi connectivity index (χ0) is 16.4. The first-order valence-electron chi connectivity index (χ1n) is 8.07. The molecule has 1 aromatic heterocycles. The van der Waals surface area contributed by atoms with Crippen molar-refractivity contribution in [3.05, 3.63) is 66.1 Å². The highest BCUT2D eigenvalue weighted by atomic mass is 16.5. The fourth-order valence-electron chi connectivity index (χ4n) is 3.01. The Kier molecular flexibility index (Phi) is 3.83. The van der Waals surface area contributed by atoms with Crippen LogP contribution in [0.1, 0.15) is 17.9 Å². The number of carbonyl (C=O) groups is 1. The molecule has 0 bridgehead atoms. The van der Waals surface area contributed by atoms with Gasteiger partial charge in [-0.2, -0.15) is 4.98 Å². The second kappa shape index (κ2) is 6.28. The second-order valence-corrected chi connectivity index (χ2v) is 5.80. The molecule has 0 aliphatic carbocycles. The van der Waals surface area contributed by atoms with Gasteiger partial charge in [-0.3, -0.25) is 4.79 Å². The number of rotatable bonds is 4. The second-order valence-electron chi connectivity index (χ2n) is 5.80. The average molecular weight is 319 g/mol. The third-order valence-corrected chi connectivity index (χ3v) is 4.24. The molecule has 0 unspecified atom stereocenters. The molecule has 2 aromatic carbocycles. The summed E-state index contributed by atoms with van der Waals surface area (Å²) in [6, 6.07) is 17.7. The molecule has 4 rings (SSSR count). The van der Waals surface area contributed by atoms with Gasteiger partial charge >= 0.3 is 0 Å². The fourth-order valence-corrected chi connectivity index (χ4v) is 3.01. The monoisotopic (exact) mass is 319 g/mol. The largest absolute Gasteiger partial charge is 0.339 e. The Morgan fingerprint density at radius 3 is 2.75 bits per heavy atom. The minimum atomic E-state index is 0.0967. The number of para-hydroxylation sites is 1. The van der Waals surface area contributed by atoms with Crippen LogP contribution in [0.4, 0.5) is 5.69 Å². The fraction of sp³-hybridized carbons (Fsp3) is 0.211. The van der Waals surface area contributed by atoms with Crippen molar-refractivity contribution >= 4 is 11.6 Å². The normalized spacial score (nSPS) is 13.1. The van der Waals surface area contributed by atoms with Gasteiger partial charge in [-0.05, 0) is 18.1 Å². The lowest BCUT2D eigenvalue weighted by Gasteiger charge is -2.16. The van der Waals surface area contributed by atoms with E-state index in [2.05, 4.69) is 16.2 Å². The number of hydrogen-bond donors (Lipinski definition) is 0. The SMILES string of the molecule is O=C(CCc1nc(-c2ccccc2)no1)N1CCc2ccccc21. The lowest BCUT2D eigenvalue weighted by Crippen LogP contribution is -2.29. The molecule has 24 heavy (non-hydrogen) atoms. The predicted octanol–water partition coefficient (Wildman–Crippen LogP) is 3.26. The van der Waals surface area contributed by atoms with Gasteiger partial charge < -0.3 is 9.42 Å². The molecule has 3 aromatic rings. The minimum Gasteiger partial charge on any atom is -0.339 e. The number of amides is 1. The van der Waals surface area contributed by atoms with Crippen molar-refractivity contribution in [2.75, 3.05) is 11.4 Å². The van der Waals surface area contributed by atoms with E-state index in [0.717, 1.165) is 24.2 Å². The molecule has 0 fully saturated rings. The highest BCUT2D eigenvalue weighted by Crippen LogP contribution is 2.28. The molecule has 0 saturated carbocycles. The van der Waals surface area contributed by atoms with Gasteiger partial charge in [0.05, 0.1) is 0 Å². The Morgan fingerprint density at radius 1 is 1.08 bits per heavy atom. The maximum Gasteiger partial charge on any atom is 0.227 e. The maximum atomic E-state index is 12.5. The summed E-state index contributed by atoms with van der Waals surface area (Å²) in [5.74, 6) is 1.15. The summed E-state index contributed by atoms with van der Waals surface area (Å²) in [7, 11) is 0. The molecule has 120 valence electrons. The lowest BCUT2D eigenvalue weighted by molar-refractivity contribution is -0.118. The van der Waals surface area contributed by atoms with Crippen molar-refractivity contribution in [3.8, 4) is 11.4 Å². The summed E-state index contributed by atoms with van der Waals surface area (Å²) < 4.78 is 5.27. The van der Waals surface area contributed by atoms with Gasteiger partial charge in [0.1, 0.15) is 0 Å². The van der Waals surface area contributed by atoms with Crippen LogP contribution in [0.5, 0.6) is 0 Å². The first-order chi connectivity index (χ1) is 11.8. The molecule has 0 radical (unpaired) electrons. The van der Waals surface area contributed by atoms with E-state index in [1.807, 2.05) is 53.4 Å². The van der Waals surface area contributed by atoms with Crippen molar-refractivity contribution in [2.24, 2.45) is 0 Å². The van der Waals surface area contributed by atoms with Crippen molar-refractivity contribution in [2.45, 2.75) is 19.3 Å². The van der Waals surface area contributed by atoms with Crippen molar-refractivity contribution in [1.29, 1.82) is 0 Å². The third-order valence-electron chi connectivity index (χ3n) is 4.24. The molecule has 5 nitrogen and oxygen atoms in total. The zero-order valence-electron chi connectivity index (χ0n) is 13.2. The topological polar surface area (TPSA) is 59.2 Å². The van der Waals surface area contributed by atoms with Crippen LogP contribution in [0.3, 0.4) is 0 Å². The summed E-state index contributed by atoms with van der Waals surface area (Å²) in [5, 5.41) is 3.99. The van der Waals surface area contributed by atoms with Crippen LogP contribution in [0, 0.1) is 0 Å². The van der Waals surface area contributed by atoms with Crippen LogP contribution in [-0.2, 0) is 17.6 Å². The Hall–Kier alpha value is -2.95. The van der Waals surface area contributed by atoms with Gasteiger partial charge in [0.25, 0.3) is 0 Å².